The molecule has 0 saturated heterocycles. The molecule has 0 radical (unpaired) electrons. The van der Waals surface area contributed by atoms with Gasteiger partial charge in [-0.05, 0) is 36.7 Å². The van der Waals surface area contributed by atoms with Gasteiger partial charge in [0.25, 0.3) is 0 Å². The van der Waals surface area contributed by atoms with Crippen LogP contribution in [0.15, 0.2) is 41.2 Å². The van der Waals surface area contributed by atoms with Crippen molar-refractivity contribution in [2.45, 2.75) is 19.4 Å². The Balaban J connectivity index is 2.18. The largest absolute Gasteiger partial charge is 0.493 e. The Labute approximate surface area is 119 Å². The van der Waals surface area contributed by atoms with Crippen LogP contribution in [0, 0.1) is 0 Å². The lowest BCUT2D eigenvalue weighted by atomic mass is 10.0. The summed E-state index contributed by atoms with van der Waals surface area (Å²) >= 11 is 0. The summed E-state index contributed by atoms with van der Waals surface area (Å²) in [5.41, 5.74) is 2.34. The molecular formula is C16H21NO3. The molecule has 20 heavy (non-hydrogen) atoms. The van der Waals surface area contributed by atoms with Crippen LogP contribution in [0.4, 0.5) is 0 Å². The molecule has 1 unspecified atom stereocenters. The van der Waals surface area contributed by atoms with Crippen LogP contribution in [0.25, 0.3) is 0 Å². The van der Waals surface area contributed by atoms with Gasteiger partial charge in [0.2, 0.25) is 0 Å². The van der Waals surface area contributed by atoms with Crippen molar-refractivity contribution in [2.24, 2.45) is 0 Å². The molecule has 1 aromatic heterocycles. The molecule has 0 aliphatic carbocycles. The Bertz CT molecular complexity index is 523. The molecule has 1 heterocycles. The number of hydrogen-bond acceptors (Lipinski definition) is 4. The summed E-state index contributed by atoms with van der Waals surface area (Å²) < 4.78 is 15.8. The van der Waals surface area contributed by atoms with Gasteiger partial charge in [0.05, 0.1) is 26.7 Å². The Hall–Kier alpha value is -1.94. The molecule has 0 fully saturated rings. The number of methoxy groups -OCH3 is 2. The van der Waals surface area contributed by atoms with E-state index in [1.54, 1.807) is 26.7 Å². The normalized spacial score (nSPS) is 12.2. The quantitative estimate of drug-likeness (QED) is 0.842. The maximum absolute atomic E-state index is 5.35. The number of furan rings is 1. The van der Waals surface area contributed by atoms with Crippen molar-refractivity contribution in [3.63, 3.8) is 0 Å². The molecule has 1 aromatic carbocycles. The van der Waals surface area contributed by atoms with E-state index in [4.69, 9.17) is 13.9 Å². The lowest BCUT2D eigenvalue weighted by Crippen LogP contribution is -2.22. The van der Waals surface area contributed by atoms with Crippen LogP contribution in [-0.2, 0) is 6.42 Å². The Morgan fingerprint density at radius 2 is 1.95 bits per heavy atom. The summed E-state index contributed by atoms with van der Waals surface area (Å²) in [7, 11) is 3.30. The van der Waals surface area contributed by atoms with Crippen LogP contribution in [0.2, 0.25) is 0 Å². The average molecular weight is 275 g/mol. The van der Waals surface area contributed by atoms with Gasteiger partial charge in [0, 0.05) is 11.6 Å². The highest BCUT2D eigenvalue weighted by atomic mass is 16.5. The molecule has 0 saturated carbocycles. The summed E-state index contributed by atoms with van der Waals surface area (Å²) in [6.07, 6.45) is 4.36. The van der Waals surface area contributed by atoms with E-state index in [0.29, 0.717) is 0 Å². The van der Waals surface area contributed by atoms with Crippen LogP contribution in [-0.4, -0.2) is 20.8 Å². The molecule has 1 N–H and O–H groups in total. The van der Waals surface area contributed by atoms with Gasteiger partial charge in [-0.25, -0.2) is 0 Å². The van der Waals surface area contributed by atoms with Gasteiger partial charge in [-0.15, -0.1) is 0 Å². The van der Waals surface area contributed by atoms with Gasteiger partial charge in [0.15, 0.2) is 11.5 Å². The zero-order chi connectivity index (χ0) is 14.4. The van der Waals surface area contributed by atoms with Crippen molar-refractivity contribution in [2.75, 3.05) is 20.8 Å². The van der Waals surface area contributed by atoms with Crippen molar-refractivity contribution in [3.8, 4) is 11.5 Å². The van der Waals surface area contributed by atoms with Crippen LogP contribution in [0.3, 0.4) is 0 Å². The molecule has 0 aliphatic heterocycles. The number of rotatable bonds is 7. The first kappa shape index (κ1) is 14.5. The molecule has 4 nitrogen and oxygen atoms in total. The van der Waals surface area contributed by atoms with E-state index in [1.807, 2.05) is 18.2 Å². The lowest BCUT2D eigenvalue weighted by Gasteiger charge is -2.17. The third-order valence-electron chi connectivity index (χ3n) is 3.28. The number of likely N-dealkylation sites (N-methyl/N-ethyl adjacent to an activating group) is 1. The molecule has 2 rings (SSSR count). The topological polar surface area (TPSA) is 43.6 Å². The van der Waals surface area contributed by atoms with Gasteiger partial charge in [-0.3, -0.25) is 0 Å². The zero-order valence-electron chi connectivity index (χ0n) is 12.2. The van der Waals surface area contributed by atoms with E-state index in [9.17, 15) is 0 Å². The minimum atomic E-state index is 0.233. The predicted octanol–water partition coefficient (Wildman–Crippen LogP) is 3.19. The predicted molar refractivity (Wildman–Crippen MR) is 78.4 cm³/mol. The van der Waals surface area contributed by atoms with Gasteiger partial charge < -0.3 is 19.2 Å². The molecule has 0 bridgehead atoms. The molecule has 4 heteroatoms. The van der Waals surface area contributed by atoms with E-state index in [1.165, 1.54) is 5.56 Å². The second kappa shape index (κ2) is 7.01. The maximum atomic E-state index is 5.35. The third-order valence-corrected chi connectivity index (χ3v) is 3.28. The molecule has 1 atom stereocenters. The van der Waals surface area contributed by atoms with Gasteiger partial charge in [0.1, 0.15) is 0 Å². The first-order valence-corrected chi connectivity index (χ1v) is 6.74. The standard InChI is InChI=1S/C16H21NO3/c1-4-17-14(13-7-8-20-11-13)9-12-5-6-15(18-2)16(10-12)19-3/h5-8,10-11,14,17H,4,9H2,1-3H3. The molecule has 0 amide bonds. The molecule has 108 valence electrons. The summed E-state index contributed by atoms with van der Waals surface area (Å²) in [4.78, 5) is 0. The summed E-state index contributed by atoms with van der Waals surface area (Å²) in [6.45, 7) is 3.00. The Morgan fingerprint density at radius 3 is 2.55 bits per heavy atom. The van der Waals surface area contributed by atoms with Crippen LogP contribution >= 0.6 is 0 Å². The second-order valence-electron chi connectivity index (χ2n) is 4.56. The minimum absolute atomic E-state index is 0.233. The summed E-state index contributed by atoms with van der Waals surface area (Å²) in [5.74, 6) is 1.51. The third kappa shape index (κ3) is 3.33. The maximum Gasteiger partial charge on any atom is 0.160 e. The molecule has 0 aliphatic rings. The number of nitrogens with one attached hydrogen (secondary N) is 1. The SMILES string of the molecule is CCNC(Cc1ccc(OC)c(OC)c1)c1ccoc1. The zero-order valence-corrected chi connectivity index (χ0v) is 12.2. The first-order valence-electron chi connectivity index (χ1n) is 6.74. The van der Waals surface area contributed by atoms with E-state index < -0.39 is 0 Å². The van der Waals surface area contributed by atoms with Crippen molar-refractivity contribution in [3.05, 3.63) is 47.9 Å². The number of hydrogen-bond donors (Lipinski definition) is 1. The summed E-state index contributed by atoms with van der Waals surface area (Å²) in [6, 6.07) is 8.24. The number of benzene rings is 1. The average Bonchev–Trinajstić information content (AvgIpc) is 3.00. The highest BCUT2D eigenvalue weighted by molar-refractivity contribution is 5.43. The molecule has 0 spiro atoms. The number of ether oxygens (including phenoxy) is 2. The van der Waals surface area contributed by atoms with Crippen LogP contribution in [0.5, 0.6) is 11.5 Å². The Kier molecular flexibility index (Phi) is 5.07. The van der Waals surface area contributed by atoms with E-state index in [-0.39, 0.29) is 6.04 Å². The lowest BCUT2D eigenvalue weighted by molar-refractivity contribution is 0.354. The van der Waals surface area contributed by atoms with E-state index >= 15 is 0 Å². The summed E-state index contributed by atoms with van der Waals surface area (Å²) in [5, 5.41) is 3.47. The fourth-order valence-corrected chi connectivity index (χ4v) is 2.27. The van der Waals surface area contributed by atoms with Gasteiger partial charge >= 0.3 is 0 Å². The fraction of sp³-hybridized carbons (Fsp3) is 0.375. The van der Waals surface area contributed by atoms with E-state index in [0.717, 1.165) is 30.0 Å². The van der Waals surface area contributed by atoms with Gasteiger partial charge in [-0.1, -0.05) is 13.0 Å². The fourth-order valence-electron chi connectivity index (χ4n) is 2.27. The highest BCUT2D eigenvalue weighted by Gasteiger charge is 2.14. The second-order valence-corrected chi connectivity index (χ2v) is 4.56. The van der Waals surface area contributed by atoms with Crippen molar-refractivity contribution >= 4 is 0 Å². The monoisotopic (exact) mass is 275 g/mol. The molecule has 2 aromatic rings. The minimum Gasteiger partial charge on any atom is -0.493 e. The van der Waals surface area contributed by atoms with Crippen LogP contribution in [0.1, 0.15) is 24.1 Å². The Morgan fingerprint density at radius 1 is 1.15 bits per heavy atom. The van der Waals surface area contributed by atoms with E-state index in [2.05, 4.69) is 18.3 Å². The smallest absolute Gasteiger partial charge is 0.160 e. The van der Waals surface area contributed by atoms with Crippen molar-refractivity contribution in [1.82, 2.24) is 5.32 Å². The molecular weight excluding hydrogens is 254 g/mol. The van der Waals surface area contributed by atoms with Crippen molar-refractivity contribution in [1.29, 1.82) is 0 Å². The first-order chi connectivity index (χ1) is 9.78. The highest BCUT2D eigenvalue weighted by Crippen LogP contribution is 2.29. The van der Waals surface area contributed by atoms with Crippen LogP contribution < -0.4 is 14.8 Å². The van der Waals surface area contributed by atoms with Crippen molar-refractivity contribution < 1.29 is 13.9 Å². The van der Waals surface area contributed by atoms with Gasteiger partial charge in [-0.2, -0.15) is 0 Å².